The fourth-order valence-corrected chi connectivity index (χ4v) is 0.788. The highest BCUT2D eigenvalue weighted by Gasteiger charge is 2.00. The van der Waals surface area contributed by atoms with Crippen molar-refractivity contribution in [1.82, 2.24) is 0 Å². The third kappa shape index (κ3) is 4.33. The Kier molecular flexibility index (Phi) is 4.95. The summed E-state index contributed by atoms with van der Waals surface area (Å²) in [4.78, 5) is 0. The van der Waals surface area contributed by atoms with Crippen molar-refractivity contribution in [2.24, 2.45) is 0 Å². The minimum Gasteiger partial charge on any atom is -0.377 e. The van der Waals surface area contributed by atoms with Crippen LogP contribution in [0.2, 0.25) is 0 Å². The van der Waals surface area contributed by atoms with E-state index in [9.17, 15) is 0 Å². The van der Waals surface area contributed by atoms with Gasteiger partial charge in [0.1, 0.15) is 0 Å². The summed E-state index contributed by atoms with van der Waals surface area (Å²) >= 11 is 0. The largest absolute Gasteiger partial charge is 0.377 e. The molecule has 0 aromatic rings. The summed E-state index contributed by atoms with van der Waals surface area (Å²) in [6.07, 6.45) is 5.16. The zero-order valence-corrected chi connectivity index (χ0v) is 7.05. The zero-order chi connectivity index (χ0) is 7.98. The third-order valence-corrected chi connectivity index (χ3v) is 1.26. The van der Waals surface area contributed by atoms with Crippen LogP contribution in [-0.2, 0) is 4.74 Å². The van der Waals surface area contributed by atoms with E-state index in [-0.39, 0.29) is 6.10 Å². The maximum absolute atomic E-state index is 5.15. The van der Waals surface area contributed by atoms with E-state index in [4.69, 9.17) is 4.74 Å². The number of ether oxygens (including phenoxy) is 1. The van der Waals surface area contributed by atoms with Crippen molar-refractivity contribution in [2.75, 3.05) is 7.11 Å². The number of allylic oxidation sites excluding steroid dienone is 1. The number of rotatable bonds is 4. The molecule has 0 amide bonds. The third-order valence-electron chi connectivity index (χ3n) is 1.26. The van der Waals surface area contributed by atoms with Gasteiger partial charge in [-0.3, -0.25) is 0 Å². The molecule has 0 saturated heterocycles. The molecule has 0 rings (SSSR count). The Hall–Kier alpha value is -0.560. The molecule has 0 aliphatic heterocycles. The second-order valence-electron chi connectivity index (χ2n) is 2.46. The first-order valence-electron chi connectivity index (χ1n) is 3.50. The van der Waals surface area contributed by atoms with Gasteiger partial charge in [0.2, 0.25) is 0 Å². The Labute approximate surface area is 63.4 Å². The predicted molar refractivity (Wildman–Crippen MR) is 45.0 cm³/mol. The molecule has 0 radical (unpaired) electrons. The molecule has 0 aliphatic carbocycles. The van der Waals surface area contributed by atoms with Gasteiger partial charge in [0, 0.05) is 7.11 Å². The maximum Gasteiger partial charge on any atom is 0.0788 e. The molecule has 1 nitrogen and oxygen atoms in total. The van der Waals surface area contributed by atoms with Crippen LogP contribution in [-0.4, -0.2) is 13.2 Å². The number of methoxy groups -OCH3 is 1. The van der Waals surface area contributed by atoms with Crippen LogP contribution < -0.4 is 0 Å². The van der Waals surface area contributed by atoms with E-state index in [1.807, 2.05) is 26.0 Å². The van der Waals surface area contributed by atoms with Crippen LogP contribution in [0.15, 0.2) is 24.3 Å². The second kappa shape index (κ2) is 5.24. The average Bonchev–Trinajstić information content (AvgIpc) is 1.86. The summed E-state index contributed by atoms with van der Waals surface area (Å²) in [5.41, 5.74) is 1.16. The topological polar surface area (TPSA) is 9.23 Å². The molecule has 0 spiro atoms. The SMILES string of the molecule is C=C(C)CC(/C=C/C)OC. The fourth-order valence-electron chi connectivity index (χ4n) is 0.788. The molecule has 0 aromatic carbocycles. The van der Waals surface area contributed by atoms with Gasteiger partial charge < -0.3 is 4.74 Å². The molecule has 1 heteroatoms. The van der Waals surface area contributed by atoms with E-state index >= 15 is 0 Å². The zero-order valence-electron chi connectivity index (χ0n) is 7.05. The number of hydrogen-bond acceptors (Lipinski definition) is 1. The van der Waals surface area contributed by atoms with E-state index in [0.717, 1.165) is 12.0 Å². The molecule has 0 bridgehead atoms. The van der Waals surface area contributed by atoms with Crippen LogP contribution in [0.1, 0.15) is 20.3 Å². The first-order valence-corrected chi connectivity index (χ1v) is 3.50. The summed E-state index contributed by atoms with van der Waals surface area (Å²) in [6.45, 7) is 7.81. The highest BCUT2D eigenvalue weighted by Crippen LogP contribution is 2.05. The van der Waals surface area contributed by atoms with Crippen LogP contribution >= 0.6 is 0 Å². The highest BCUT2D eigenvalue weighted by molar-refractivity contribution is 4.98. The molecule has 58 valence electrons. The van der Waals surface area contributed by atoms with Crippen molar-refractivity contribution in [2.45, 2.75) is 26.4 Å². The van der Waals surface area contributed by atoms with Gasteiger partial charge in [-0.1, -0.05) is 17.7 Å². The number of hydrogen-bond donors (Lipinski definition) is 0. The molecule has 0 aromatic heterocycles. The fraction of sp³-hybridized carbons (Fsp3) is 0.556. The Morgan fingerprint density at radius 3 is 2.60 bits per heavy atom. The van der Waals surface area contributed by atoms with Crippen LogP contribution in [0.3, 0.4) is 0 Å². The van der Waals surface area contributed by atoms with E-state index < -0.39 is 0 Å². The molecular formula is C9H16O. The summed E-state index contributed by atoms with van der Waals surface area (Å²) in [7, 11) is 1.72. The van der Waals surface area contributed by atoms with Gasteiger partial charge in [-0.2, -0.15) is 0 Å². The second-order valence-corrected chi connectivity index (χ2v) is 2.46. The Morgan fingerprint density at radius 1 is 1.70 bits per heavy atom. The van der Waals surface area contributed by atoms with Crippen LogP contribution in [0, 0.1) is 0 Å². The Balaban J connectivity index is 3.71. The molecule has 1 atom stereocenters. The lowest BCUT2D eigenvalue weighted by molar-refractivity contribution is 0.141. The molecule has 0 N–H and O–H groups in total. The first kappa shape index (κ1) is 9.44. The minimum atomic E-state index is 0.211. The summed E-state index contributed by atoms with van der Waals surface area (Å²) in [6, 6.07) is 0. The molecule has 0 aliphatic rings. The molecular weight excluding hydrogens is 124 g/mol. The normalized spacial score (nSPS) is 13.9. The van der Waals surface area contributed by atoms with Gasteiger partial charge in [0.25, 0.3) is 0 Å². The van der Waals surface area contributed by atoms with Gasteiger partial charge >= 0.3 is 0 Å². The van der Waals surface area contributed by atoms with Crippen LogP contribution in [0.4, 0.5) is 0 Å². The van der Waals surface area contributed by atoms with Crippen molar-refractivity contribution >= 4 is 0 Å². The predicted octanol–water partition coefficient (Wildman–Crippen LogP) is 2.54. The summed E-state index contributed by atoms with van der Waals surface area (Å²) in [5, 5.41) is 0. The van der Waals surface area contributed by atoms with Gasteiger partial charge in [-0.15, -0.1) is 6.58 Å². The van der Waals surface area contributed by atoms with Crippen molar-refractivity contribution in [3.63, 3.8) is 0 Å². The van der Waals surface area contributed by atoms with Crippen molar-refractivity contribution in [3.05, 3.63) is 24.3 Å². The lowest BCUT2D eigenvalue weighted by atomic mass is 10.1. The lowest BCUT2D eigenvalue weighted by Crippen LogP contribution is -2.06. The van der Waals surface area contributed by atoms with Gasteiger partial charge in [0.05, 0.1) is 6.10 Å². The smallest absolute Gasteiger partial charge is 0.0788 e. The van der Waals surface area contributed by atoms with Gasteiger partial charge in [-0.25, -0.2) is 0 Å². The molecule has 0 saturated carbocycles. The molecule has 0 heterocycles. The van der Waals surface area contributed by atoms with E-state index in [0.29, 0.717) is 0 Å². The first-order chi connectivity index (χ1) is 4.70. The van der Waals surface area contributed by atoms with Crippen molar-refractivity contribution in [3.8, 4) is 0 Å². The molecule has 10 heavy (non-hydrogen) atoms. The Bertz CT molecular complexity index is 125. The summed E-state index contributed by atoms with van der Waals surface area (Å²) in [5.74, 6) is 0. The standard InChI is InChI=1S/C9H16O/c1-5-6-9(10-4)7-8(2)3/h5-6,9H,2,7H2,1,3-4H3/b6-5+. The maximum atomic E-state index is 5.15. The lowest BCUT2D eigenvalue weighted by Gasteiger charge is -2.09. The van der Waals surface area contributed by atoms with Crippen LogP contribution in [0.25, 0.3) is 0 Å². The van der Waals surface area contributed by atoms with Crippen LogP contribution in [0.5, 0.6) is 0 Å². The molecule has 0 fully saturated rings. The average molecular weight is 140 g/mol. The van der Waals surface area contributed by atoms with Crippen molar-refractivity contribution < 1.29 is 4.74 Å². The highest BCUT2D eigenvalue weighted by atomic mass is 16.5. The summed E-state index contributed by atoms with van der Waals surface area (Å²) < 4.78 is 5.15. The van der Waals surface area contributed by atoms with Crippen molar-refractivity contribution in [1.29, 1.82) is 0 Å². The van der Waals surface area contributed by atoms with Gasteiger partial charge in [-0.05, 0) is 20.3 Å². The molecule has 1 unspecified atom stereocenters. The van der Waals surface area contributed by atoms with E-state index in [1.165, 1.54) is 0 Å². The van der Waals surface area contributed by atoms with E-state index in [2.05, 4.69) is 6.58 Å². The minimum absolute atomic E-state index is 0.211. The quantitative estimate of drug-likeness (QED) is 0.545. The monoisotopic (exact) mass is 140 g/mol. The Morgan fingerprint density at radius 2 is 2.30 bits per heavy atom. The van der Waals surface area contributed by atoms with E-state index in [1.54, 1.807) is 7.11 Å². The van der Waals surface area contributed by atoms with Gasteiger partial charge in [0.15, 0.2) is 0 Å².